The second kappa shape index (κ2) is 12.0. The van der Waals surface area contributed by atoms with Gasteiger partial charge in [0.15, 0.2) is 0 Å². The molecule has 0 amide bonds. The van der Waals surface area contributed by atoms with Gasteiger partial charge < -0.3 is 30.2 Å². The van der Waals surface area contributed by atoms with Crippen molar-refractivity contribution in [3.63, 3.8) is 0 Å². The highest BCUT2D eigenvalue weighted by atomic mass is 16.5. The Morgan fingerprint density at radius 1 is 1.11 bits per heavy atom. The first-order valence-corrected chi connectivity index (χ1v) is 12.9. The molecule has 0 bridgehead atoms. The number of phenols is 1. The molecule has 0 aliphatic carbocycles. The van der Waals surface area contributed by atoms with E-state index in [0.29, 0.717) is 35.5 Å². The van der Waals surface area contributed by atoms with E-state index in [-0.39, 0.29) is 16.7 Å². The molecule has 1 saturated heterocycles. The predicted molar refractivity (Wildman–Crippen MR) is 144 cm³/mol. The van der Waals surface area contributed by atoms with E-state index in [1.54, 1.807) is 12.1 Å². The van der Waals surface area contributed by atoms with Gasteiger partial charge in [0.05, 0.1) is 24.8 Å². The van der Waals surface area contributed by atoms with Crippen LogP contribution in [0, 0.1) is 5.92 Å². The molecule has 194 valence electrons. The number of rotatable bonds is 11. The number of aromatic amines is 1. The van der Waals surface area contributed by atoms with Crippen LogP contribution in [0.4, 0.5) is 0 Å². The number of hydrogen-bond donors (Lipinski definition) is 4. The number of benzene rings is 2. The molecule has 0 unspecified atom stereocenters. The fourth-order valence-corrected chi connectivity index (χ4v) is 4.99. The number of likely N-dealkylation sites (tertiary alicyclic amines) is 1. The van der Waals surface area contributed by atoms with Crippen LogP contribution in [0.1, 0.15) is 43.9 Å². The van der Waals surface area contributed by atoms with Crippen LogP contribution in [-0.2, 0) is 10.2 Å². The smallest absolute Gasteiger partial charge is 0.248 e. The lowest BCUT2D eigenvalue weighted by molar-refractivity contribution is 0.0639. The van der Waals surface area contributed by atoms with E-state index < -0.39 is 6.10 Å². The topological polar surface area (TPSA) is 97.8 Å². The Morgan fingerprint density at radius 2 is 1.86 bits per heavy atom. The van der Waals surface area contributed by atoms with Crippen LogP contribution in [0.2, 0.25) is 0 Å². The van der Waals surface area contributed by atoms with Crippen molar-refractivity contribution in [2.75, 3.05) is 45.9 Å². The Kier molecular flexibility index (Phi) is 8.80. The number of piperidine rings is 1. The summed E-state index contributed by atoms with van der Waals surface area (Å²) in [5.74, 6) is 0.586. The van der Waals surface area contributed by atoms with Crippen molar-refractivity contribution >= 4 is 10.9 Å². The van der Waals surface area contributed by atoms with Crippen molar-refractivity contribution in [2.45, 2.75) is 38.2 Å². The summed E-state index contributed by atoms with van der Waals surface area (Å²) < 4.78 is 6.04. The molecule has 1 atom stereocenters. The number of H-pyrrole nitrogens is 1. The Bertz CT molecular complexity index is 1170. The second-order valence-corrected chi connectivity index (χ2v) is 10.5. The zero-order valence-corrected chi connectivity index (χ0v) is 21.4. The van der Waals surface area contributed by atoms with Crippen LogP contribution >= 0.6 is 0 Å². The number of phenolic OH excluding ortho intramolecular Hbond substituents is 1. The van der Waals surface area contributed by atoms with E-state index >= 15 is 0 Å². The minimum atomic E-state index is -0.726. The molecule has 1 aliphatic heterocycles. The van der Waals surface area contributed by atoms with Crippen molar-refractivity contribution < 1.29 is 14.9 Å². The number of aliphatic hydroxyl groups is 1. The molecule has 3 aromatic rings. The zero-order chi connectivity index (χ0) is 25.5. The molecule has 0 radical (unpaired) electrons. The third-order valence-electron chi connectivity index (χ3n) is 7.31. The SMILES string of the molecule is CC(C)(COCCN1CCC(CNC[C@H](O)c2ccc(O)c3[nH]c(=O)ccc23)CC1)c1ccccc1. The first-order valence-electron chi connectivity index (χ1n) is 12.9. The molecule has 7 heteroatoms. The normalized spacial score (nSPS) is 16.4. The molecule has 4 N–H and O–H groups in total. The Morgan fingerprint density at radius 3 is 2.61 bits per heavy atom. The van der Waals surface area contributed by atoms with E-state index in [2.05, 4.69) is 53.3 Å². The number of aromatic hydroxyl groups is 1. The van der Waals surface area contributed by atoms with Gasteiger partial charge in [0.2, 0.25) is 5.56 Å². The molecule has 4 rings (SSSR count). The minimum Gasteiger partial charge on any atom is -0.506 e. The van der Waals surface area contributed by atoms with Crippen LogP contribution in [0.25, 0.3) is 10.9 Å². The molecule has 36 heavy (non-hydrogen) atoms. The Balaban J connectivity index is 1.15. The molecule has 0 saturated carbocycles. The fraction of sp³-hybridized carbons (Fsp3) is 0.483. The fourth-order valence-electron chi connectivity index (χ4n) is 4.99. The number of nitrogens with one attached hydrogen (secondary N) is 2. The number of aromatic nitrogens is 1. The first kappa shape index (κ1) is 26.4. The van der Waals surface area contributed by atoms with Gasteiger partial charge >= 0.3 is 0 Å². The Hall–Kier alpha value is -2.71. The lowest BCUT2D eigenvalue weighted by Gasteiger charge is -2.32. The number of fused-ring (bicyclic) bond motifs is 1. The maximum atomic E-state index is 11.6. The molecule has 1 aliphatic rings. The quantitative estimate of drug-likeness (QED) is 0.305. The van der Waals surface area contributed by atoms with Crippen LogP contribution < -0.4 is 10.9 Å². The summed E-state index contributed by atoms with van der Waals surface area (Å²) in [4.78, 5) is 16.7. The maximum Gasteiger partial charge on any atom is 0.248 e. The minimum absolute atomic E-state index is 0.00340. The molecule has 2 aromatic carbocycles. The average Bonchev–Trinajstić information content (AvgIpc) is 2.88. The number of ether oxygens (including phenoxy) is 1. The summed E-state index contributed by atoms with van der Waals surface area (Å²) in [6.07, 6.45) is 1.53. The summed E-state index contributed by atoms with van der Waals surface area (Å²) in [5.41, 5.74) is 2.08. The average molecular weight is 494 g/mol. The van der Waals surface area contributed by atoms with Gasteiger partial charge in [0.1, 0.15) is 5.75 Å². The summed E-state index contributed by atoms with van der Waals surface area (Å²) in [7, 11) is 0. The van der Waals surface area contributed by atoms with E-state index in [4.69, 9.17) is 4.74 Å². The summed E-state index contributed by atoms with van der Waals surface area (Å²) >= 11 is 0. The summed E-state index contributed by atoms with van der Waals surface area (Å²) in [5, 5.41) is 24.9. The number of aliphatic hydroxyl groups excluding tert-OH is 1. The molecular formula is C29H39N3O4. The van der Waals surface area contributed by atoms with E-state index in [0.717, 1.165) is 45.6 Å². The number of hydrogen-bond acceptors (Lipinski definition) is 6. The van der Waals surface area contributed by atoms with Crippen molar-refractivity contribution in [1.29, 1.82) is 0 Å². The van der Waals surface area contributed by atoms with Gasteiger partial charge in [-0.2, -0.15) is 0 Å². The van der Waals surface area contributed by atoms with Crippen LogP contribution in [0.15, 0.2) is 59.4 Å². The summed E-state index contributed by atoms with van der Waals surface area (Å²) in [6, 6.07) is 16.8. The van der Waals surface area contributed by atoms with Crippen molar-refractivity contribution in [2.24, 2.45) is 5.92 Å². The third-order valence-corrected chi connectivity index (χ3v) is 7.31. The van der Waals surface area contributed by atoms with Crippen LogP contribution in [0.3, 0.4) is 0 Å². The predicted octanol–water partition coefficient (Wildman–Crippen LogP) is 3.56. The molecule has 1 fully saturated rings. The van der Waals surface area contributed by atoms with Gasteiger partial charge in [-0.3, -0.25) is 4.79 Å². The van der Waals surface area contributed by atoms with Crippen LogP contribution in [0.5, 0.6) is 5.75 Å². The zero-order valence-electron chi connectivity index (χ0n) is 21.4. The van der Waals surface area contributed by atoms with E-state index in [1.165, 1.54) is 17.7 Å². The number of pyridine rings is 1. The highest BCUT2D eigenvalue weighted by molar-refractivity contribution is 5.87. The van der Waals surface area contributed by atoms with Gasteiger partial charge in [0, 0.05) is 30.0 Å². The van der Waals surface area contributed by atoms with Crippen molar-refractivity contribution in [3.8, 4) is 5.75 Å². The lowest BCUT2D eigenvalue weighted by atomic mass is 9.86. The maximum absolute atomic E-state index is 11.6. The lowest BCUT2D eigenvalue weighted by Crippen LogP contribution is -2.39. The number of nitrogens with zero attached hydrogens (tertiary/aromatic N) is 1. The second-order valence-electron chi connectivity index (χ2n) is 10.5. The summed E-state index contributed by atoms with van der Waals surface area (Å²) in [6.45, 7) is 10.3. The Labute approximate surface area is 213 Å². The molecular weight excluding hydrogens is 454 g/mol. The van der Waals surface area contributed by atoms with Gasteiger partial charge in [-0.25, -0.2) is 0 Å². The third kappa shape index (κ3) is 6.73. The van der Waals surface area contributed by atoms with Crippen molar-refractivity contribution in [1.82, 2.24) is 15.2 Å². The monoisotopic (exact) mass is 493 g/mol. The van der Waals surface area contributed by atoms with Gasteiger partial charge in [-0.15, -0.1) is 0 Å². The molecule has 0 spiro atoms. The van der Waals surface area contributed by atoms with Crippen LogP contribution in [-0.4, -0.2) is 66.0 Å². The first-order chi connectivity index (χ1) is 17.3. The van der Waals surface area contributed by atoms with E-state index in [9.17, 15) is 15.0 Å². The molecule has 2 heterocycles. The molecule has 1 aromatic heterocycles. The highest BCUT2D eigenvalue weighted by Gasteiger charge is 2.22. The molecule has 7 nitrogen and oxygen atoms in total. The van der Waals surface area contributed by atoms with Crippen molar-refractivity contribution in [3.05, 3.63) is 76.1 Å². The standard InChI is InChI=1S/C29H39N3O4/c1-29(2,22-6-4-3-5-7-22)20-36-17-16-32-14-12-21(13-15-32)18-30-19-26(34)23-8-10-25(33)28-24(23)9-11-27(35)31-28/h3-11,21,26,30,33-34H,12-20H2,1-2H3,(H,31,35)/t26-/m0/s1. The highest BCUT2D eigenvalue weighted by Crippen LogP contribution is 2.28. The van der Waals surface area contributed by atoms with E-state index in [1.807, 2.05) is 6.07 Å². The van der Waals surface area contributed by atoms with Gasteiger partial charge in [-0.1, -0.05) is 50.2 Å². The largest absolute Gasteiger partial charge is 0.506 e. The van der Waals surface area contributed by atoms with Gasteiger partial charge in [-0.05, 0) is 61.7 Å². The van der Waals surface area contributed by atoms with Gasteiger partial charge in [0.25, 0.3) is 0 Å².